The van der Waals surface area contributed by atoms with Crippen LogP contribution < -0.4 is 0 Å². The first-order valence-electron chi connectivity index (χ1n) is 23.6. The number of nitrogens with zero attached hydrogens (tertiary/aromatic N) is 5. The molecule has 0 bridgehead atoms. The Labute approximate surface area is 407 Å². The van der Waals surface area contributed by atoms with Crippen LogP contribution in [0.4, 0.5) is 0 Å². The van der Waals surface area contributed by atoms with Crippen LogP contribution in [0.2, 0.25) is 0 Å². The second kappa shape index (κ2) is 18.1. The zero-order valence-corrected chi connectivity index (χ0v) is 38.3. The summed E-state index contributed by atoms with van der Waals surface area (Å²) in [6, 6.07) is 84.1. The number of aliphatic imine (C=N–C) groups is 3. The number of benzene rings is 9. The van der Waals surface area contributed by atoms with Gasteiger partial charge in [-0.2, -0.15) is 0 Å². The fourth-order valence-electron chi connectivity index (χ4n) is 10.4. The summed E-state index contributed by atoms with van der Waals surface area (Å²) >= 11 is 0. The molecule has 70 heavy (non-hydrogen) atoms. The van der Waals surface area contributed by atoms with Gasteiger partial charge in [-0.15, -0.1) is 0 Å². The lowest BCUT2D eigenvalue weighted by Crippen LogP contribution is -2.28. The highest BCUT2D eigenvalue weighted by Crippen LogP contribution is 2.56. The summed E-state index contributed by atoms with van der Waals surface area (Å²) < 4.78 is 0. The van der Waals surface area contributed by atoms with Crippen molar-refractivity contribution < 1.29 is 0 Å². The summed E-state index contributed by atoms with van der Waals surface area (Å²) in [4.78, 5) is 24.1. The Kier molecular flexibility index (Phi) is 10.9. The van der Waals surface area contributed by atoms with Crippen molar-refractivity contribution in [3.8, 4) is 44.5 Å². The molecule has 0 aliphatic heterocycles. The van der Waals surface area contributed by atoms with Gasteiger partial charge >= 0.3 is 0 Å². The quantitative estimate of drug-likeness (QED) is 0.0823. The zero-order chi connectivity index (χ0) is 46.9. The number of amidine groups is 2. The van der Waals surface area contributed by atoms with E-state index in [4.69, 9.17) is 20.0 Å². The Morgan fingerprint density at radius 1 is 0.414 bits per heavy atom. The molecule has 0 saturated carbocycles. The van der Waals surface area contributed by atoms with E-state index in [1.54, 1.807) is 0 Å². The fraction of sp³-hybridized carbons (Fsp3) is 0.0308. The average molecular weight is 896 g/mol. The molecule has 5 nitrogen and oxygen atoms in total. The van der Waals surface area contributed by atoms with E-state index in [-0.39, 0.29) is 0 Å². The maximum absolute atomic E-state index is 5.26. The molecule has 5 heteroatoms. The smallest absolute Gasteiger partial charge is 0.161 e. The highest BCUT2D eigenvalue weighted by atomic mass is 15.0. The number of hydrogen-bond donors (Lipinski definition) is 0. The molecule has 11 aromatic rings. The molecule has 0 spiro atoms. The van der Waals surface area contributed by atoms with E-state index in [0.29, 0.717) is 18.2 Å². The van der Waals surface area contributed by atoms with Crippen molar-refractivity contribution in [1.29, 1.82) is 0 Å². The van der Waals surface area contributed by atoms with E-state index in [1.807, 2.05) is 79.1 Å². The van der Waals surface area contributed by atoms with E-state index in [0.717, 1.165) is 71.9 Å². The van der Waals surface area contributed by atoms with Crippen molar-refractivity contribution in [3.63, 3.8) is 0 Å². The van der Waals surface area contributed by atoms with E-state index in [1.165, 1.54) is 33.4 Å². The minimum absolute atomic E-state index is 0.385. The first-order chi connectivity index (χ1) is 34.7. The van der Waals surface area contributed by atoms with Crippen LogP contribution in [0.15, 0.2) is 264 Å². The lowest BCUT2D eigenvalue weighted by molar-refractivity contribution is 0.768. The molecule has 0 radical (unpaired) electrons. The molecule has 12 rings (SSSR count). The minimum atomic E-state index is -0.479. The van der Waals surface area contributed by atoms with E-state index in [2.05, 4.69) is 182 Å². The average Bonchev–Trinajstić information content (AvgIpc) is 3.74. The van der Waals surface area contributed by atoms with Crippen molar-refractivity contribution in [3.05, 3.63) is 288 Å². The second-order valence-corrected chi connectivity index (χ2v) is 17.6. The second-order valence-electron chi connectivity index (χ2n) is 17.6. The molecule has 0 N–H and O–H groups in total. The SMILES string of the molecule is C=NC(=NC(=NCc1cc(-c2ccc(-c3ccnc4c3ccc3cccnc34)cc2)cc(-c2ccc3c(c2)-c2ccccc2C3(c2ccccc2)c2ccccc2)c1)c1ccccc1)c1ccccc1. The normalized spacial score (nSPS) is 13.0. The monoisotopic (exact) mass is 895 g/mol. The number of pyridine rings is 2. The molecule has 2 aromatic heterocycles. The van der Waals surface area contributed by atoms with Gasteiger partial charge in [-0.05, 0) is 115 Å². The maximum Gasteiger partial charge on any atom is 0.161 e. The van der Waals surface area contributed by atoms with Gasteiger partial charge in [0.2, 0.25) is 0 Å². The summed E-state index contributed by atoms with van der Waals surface area (Å²) in [5, 5.41) is 2.15. The Morgan fingerprint density at radius 2 is 1.00 bits per heavy atom. The van der Waals surface area contributed by atoms with Crippen LogP contribution in [0.5, 0.6) is 0 Å². The predicted octanol–water partition coefficient (Wildman–Crippen LogP) is 15.2. The first kappa shape index (κ1) is 42.2. The molecular weight excluding hydrogens is 851 g/mol. The predicted molar refractivity (Wildman–Crippen MR) is 290 cm³/mol. The van der Waals surface area contributed by atoms with Gasteiger partial charge in [0.15, 0.2) is 11.7 Å². The summed E-state index contributed by atoms with van der Waals surface area (Å²) in [7, 11) is 0. The summed E-state index contributed by atoms with van der Waals surface area (Å²) in [5.74, 6) is 1.10. The lowest BCUT2D eigenvalue weighted by Gasteiger charge is -2.33. The molecule has 0 unspecified atom stereocenters. The minimum Gasteiger partial charge on any atom is -0.261 e. The van der Waals surface area contributed by atoms with Crippen LogP contribution in [0, 0.1) is 0 Å². The van der Waals surface area contributed by atoms with Crippen LogP contribution in [-0.2, 0) is 12.0 Å². The molecule has 0 fully saturated rings. The van der Waals surface area contributed by atoms with Gasteiger partial charge < -0.3 is 0 Å². The molecule has 0 saturated heterocycles. The lowest BCUT2D eigenvalue weighted by atomic mass is 9.67. The molecule has 2 heterocycles. The maximum atomic E-state index is 5.26. The van der Waals surface area contributed by atoms with Crippen LogP contribution in [0.1, 0.15) is 38.9 Å². The van der Waals surface area contributed by atoms with E-state index in [9.17, 15) is 0 Å². The summed E-state index contributed by atoms with van der Waals surface area (Å²) in [6.45, 7) is 4.27. The third kappa shape index (κ3) is 7.51. The standard InChI is InChI=1S/C65H45N5/c1-66-63(48-17-6-2-7-18-48)70-64(49-19-8-3-9-20-49)69-43-44-39-51(45-28-30-46(31-29-45)55-36-38-68-62-57(55)34-32-47-21-16-37-67-61(47)62)41-52(40-44)50-33-35-60-58(42-50)56-26-14-15-27-59(56)65(60,53-22-10-4-11-23-53)54-24-12-5-13-25-54/h2-42H,1,43H2. The van der Waals surface area contributed by atoms with Crippen molar-refractivity contribution in [1.82, 2.24) is 9.97 Å². The van der Waals surface area contributed by atoms with Crippen molar-refractivity contribution in [2.24, 2.45) is 15.0 Å². The van der Waals surface area contributed by atoms with Crippen molar-refractivity contribution in [2.75, 3.05) is 0 Å². The number of rotatable bonds is 9. The number of fused-ring (bicyclic) bond motifs is 6. The topological polar surface area (TPSA) is 62.9 Å². The van der Waals surface area contributed by atoms with Crippen LogP contribution in [0.25, 0.3) is 66.3 Å². The molecule has 0 atom stereocenters. The summed E-state index contributed by atoms with van der Waals surface area (Å²) in [6.07, 6.45) is 3.72. The Balaban J connectivity index is 1.00. The number of aromatic nitrogens is 2. The summed E-state index contributed by atoms with van der Waals surface area (Å²) in [5.41, 5.74) is 18.3. The molecule has 9 aromatic carbocycles. The van der Waals surface area contributed by atoms with Gasteiger partial charge in [0.25, 0.3) is 0 Å². The van der Waals surface area contributed by atoms with Gasteiger partial charge in [-0.1, -0.05) is 200 Å². The first-order valence-corrected chi connectivity index (χ1v) is 23.6. The third-order valence-electron chi connectivity index (χ3n) is 13.6. The largest absolute Gasteiger partial charge is 0.261 e. The molecular formula is C65H45N5. The zero-order valence-electron chi connectivity index (χ0n) is 38.3. The van der Waals surface area contributed by atoms with E-state index < -0.39 is 5.41 Å². The van der Waals surface area contributed by atoms with E-state index >= 15 is 0 Å². The molecule has 330 valence electrons. The van der Waals surface area contributed by atoms with Gasteiger partial charge in [-0.25, -0.2) is 9.98 Å². The van der Waals surface area contributed by atoms with Gasteiger partial charge in [0, 0.05) is 34.3 Å². The highest BCUT2D eigenvalue weighted by molar-refractivity contribution is 6.13. The Hall–Kier alpha value is -9.19. The molecule has 1 aliphatic carbocycles. The molecule has 0 amide bonds. The van der Waals surface area contributed by atoms with Gasteiger partial charge in [0.1, 0.15) is 0 Å². The third-order valence-corrected chi connectivity index (χ3v) is 13.6. The van der Waals surface area contributed by atoms with Crippen LogP contribution >= 0.6 is 0 Å². The van der Waals surface area contributed by atoms with Crippen molar-refractivity contribution >= 4 is 40.2 Å². The van der Waals surface area contributed by atoms with Crippen LogP contribution in [-0.4, -0.2) is 28.4 Å². The molecule has 1 aliphatic rings. The Bertz CT molecular complexity index is 3750. The number of hydrogen-bond acceptors (Lipinski definition) is 3. The Morgan fingerprint density at radius 3 is 1.70 bits per heavy atom. The highest BCUT2D eigenvalue weighted by Gasteiger charge is 2.46. The fourth-order valence-corrected chi connectivity index (χ4v) is 10.4. The van der Waals surface area contributed by atoms with Crippen LogP contribution in [0.3, 0.4) is 0 Å². The van der Waals surface area contributed by atoms with Gasteiger partial charge in [0.05, 0.1) is 23.0 Å². The van der Waals surface area contributed by atoms with Gasteiger partial charge in [-0.3, -0.25) is 15.0 Å². The van der Waals surface area contributed by atoms with Crippen molar-refractivity contribution in [2.45, 2.75) is 12.0 Å².